The number of benzene rings is 1. The average molecular weight is 207 g/mol. The van der Waals surface area contributed by atoms with Crippen LogP contribution in [0.4, 0.5) is 0 Å². The zero-order valence-corrected chi connectivity index (χ0v) is 9.99. The number of hydrogen-bond donors (Lipinski definition) is 0. The van der Waals surface area contributed by atoms with Crippen LogP contribution in [0.1, 0.15) is 25.8 Å². The first-order valence-corrected chi connectivity index (χ1v) is 5.36. The molecule has 2 nitrogen and oxygen atoms in total. The molecule has 1 aromatic carbocycles. The number of hydrogen-bond acceptors (Lipinski definition) is 2. The summed E-state index contributed by atoms with van der Waals surface area (Å²) >= 11 is 0. The average Bonchev–Trinajstić information content (AvgIpc) is 2.27. The molecule has 84 valence electrons. The van der Waals surface area contributed by atoms with Crippen molar-refractivity contribution in [2.24, 2.45) is 4.99 Å². The second-order valence-corrected chi connectivity index (χ2v) is 3.20. The van der Waals surface area contributed by atoms with Gasteiger partial charge in [-0.15, -0.1) is 0 Å². The van der Waals surface area contributed by atoms with Crippen molar-refractivity contribution < 1.29 is 4.74 Å². The monoisotopic (exact) mass is 207 g/mol. The summed E-state index contributed by atoms with van der Waals surface area (Å²) in [4.78, 5) is 3.49. The number of rotatable bonds is 4. The molecule has 0 heterocycles. The Labute approximate surface area is 93.0 Å². The van der Waals surface area contributed by atoms with Crippen molar-refractivity contribution in [2.75, 3.05) is 13.2 Å². The summed E-state index contributed by atoms with van der Waals surface area (Å²) in [5.41, 5.74) is 1.25. The SMILES string of the molecule is C=NCC.CCCOc1cccc(C)c1. The fraction of sp³-hybridized carbons (Fsp3) is 0.462. The van der Waals surface area contributed by atoms with Crippen molar-refractivity contribution in [3.63, 3.8) is 0 Å². The van der Waals surface area contributed by atoms with Gasteiger partial charge in [-0.05, 0) is 44.7 Å². The first kappa shape index (κ1) is 13.7. The first-order valence-electron chi connectivity index (χ1n) is 5.36. The minimum atomic E-state index is 0.809. The van der Waals surface area contributed by atoms with Gasteiger partial charge in [0.1, 0.15) is 5.75 Å². The highest BCUT2D eigenvalue weighted by Gasteiger charge is 1.90. The molecule has 0 atom stereocenters. The van der Waals surface area contributed by atoms with Gasteiger partial charge < -0.3 is 9.73 Å². The Morgan fingerprint density at radius 3 is 2.47 bits per heavy atom. The topological polar surface area (TPSA) is 21.6 Å². The Morgan fingerprint density at radius 2 is 2.00 bits per heavy atom. The van der Waals surface area contributed by atoms with Gasteiger partial charge in [-0.3, -0.25) is 0 Å². The minimum Gasteiger partial charge on any atom is -0.494 e. The highest BCUT2D eigenvalue weighted by atomic mass is 16.5. The van der Waals surface area contributed by atoms with E-state index in [1.807, 2.05) is 19.1 Å². The number of nitrogens with zero attached hydrogens (tertiary/aromatic N) is 1. The zero-order chi connectivity index (χ0) is 11.5. The summed E-state index contributed by atoms with van der Waals surface area (Å²) in [6.45, 7) is 11.0. The van der Waals surface area contributed by atoms with E-state index in [1.54, 1.807) is 0 Å². The third-order valence-corrected chi connectivity index (χ3v) is 1.69. The summed E-state index contributed by atoms with van der Waals surface area (Å²) in [6, 6.07) is 8.12. The molecule has 15 heavy (non-hydrogen) atoms. The van der Waals surface area contributed by atoms with E-state index >= 15 is 0 Å². The van der Waals surface area contributed by atoms with Gasteiger partial charge in [-0.1, -0.05) is 19.1 Å². The van der Waals surface area contributed by atoms with Crippen LogP contribution in [0.15, 0.2) is 29.3 Å². The van der Waals surface area contributed by atoms with E-state index in [9.17, 15) is 0 Å². The summed E-state index contributed by atoms with van der Waals surface area (Å²) in [5.74, 6) is 0.979. The van der Waals surface area contributed by atoms with Crippen LogP contribution in [-0.4, -0.2) is 19.9 Å². The molecule has 0 saturated carbocycles. The van der Waals surface area contributed by atoms with E-state index in [0.29, 0.717) is 0 Å². The van der Waals surface area contributed by atoms with Crippen LogP contribution < -0.4 is 4.74 Å². The molecule has 0 saturated heterocycles. The Kier molecular flexibility index (Phi) is 8.44. The van der Waals surface area contributed by atoms with Crippen molar-refractivity contribution in [3.8, 4) is 5.75 Å². The Hall–Kier alpha value is -1.31. The maximum absolute atomic E-state index is 5.44. The molecule has 0 unspecified atom stereocenters. The molecule has 0 spiro atoms. The molecule has 1 aromatic rings. The van der Waals surface area contributed by atoms with Crippen LogP contribution in [0.2, 0.25) is 0 Å². The predicted octanol–water partition coefficient (Wildman–Crippen LogP) is 3.49. The van der Waals surface area contributed by atoms with Gasteiger partial charge in [0.05, 0.1) is 6.61 Å². The van der Waals surface area contributed by atoms with Gasteiger partial charge in [0.2, 0.25) is 0 Å². The lowest BCUT2D eigenvalue weighted by molar-refractivity contribution is 0.317. The molecule has 0 radical (unpaired) electrons. The lowest BCUT2D eigenvalue weighted by atomic mass is 10.2. The molecule has 0 aliphatic heterocycles. The summed E-state index contributed by atoms with van der Waals surface area (Å²) in [5, 5.41) is 0. The van der Waals surface area contributed by atoms with Gasteiger partial charge in [0, 0.05) is 6.54 Å². The fourth-order valence-electron chi connectivity index (χ4n) is 0.925. The summed E-state index contributed by atoms with van der Waals surface area (Å²) in [6.07, 6.45) is 1.06. The fourth-order valence-corrected chi connectivity index (χ4v) is 0.925. The smallest absolute Gasteiger partial charge is 0.119 e. The molecular weight excluding hydrogens is 186 g/mol. The van der Waals surface area contributed by atoms with E-state index in [0.717, 1.165) is 25.3 Å². The molecule has 0 aliphatic rings. The molecule has 0 aromatic heterocycles. The van der Waals surface area contributed by atoms with Gasteiger partial charge >= 0.3 is 0 Å². The largest absolute Gasteiger partial charge is 0.494 e. The third kappa shape index (κ3) is 7.74. The first-order chi connectivity index (χ1) is 7.24. The van der Waals surface area contributed by atoms with Crippen LogP contribution in [0.25, 0.3) is 0 Å². The number of ether oxygens (including phenoxy) is 1. The second kappa shape index (κ2) is 9.25. The molecule has 2 heteroatoms. The maximum Gasteiger partial charge on any atom is 0.119 e. The van der Waals surface area contributed by atoms with Crippen molar-refractivity contribution in [2.45, 2.75) is 27.2 Å². The van der Waals surface area contributed by atoms with Crippen molar-refractivity contribution in [3.05, 3.63) is 29.8 Å². The van der Waals surface area contributed by atoms with Gasteiger partial charge in [-0.2, -0.15) is 0 Å². The highest BCUT2D eigenvalue weighted by molar-refractivity contribution is 5.27. The van der Waals surface area contributed by atoms with Crippen LogP contribution in [0.5, 0.6) is 5.75 Å². The van der Waals surface area contributed by atoms with E-state index in [2.05, 4.69) is 37.7 Å². The molecule has 0 aliphatic carbocycles. The molecule has 0 N–H and O–H groups in total. The Balaban J connectivity index is 0.000000423. The van der Waals surface area contributed by atoms with Crippen LogP contribution >= 0.6 is 0 Å². The van der Waals surface area contributed by atoms with Gasteiger partial charge in [-0.25, -0.2) is 0 Å². The summed E-state index contributed by atoms with van der Waals surface area (Å²) in [7, 11) is 0. The Bertz CT molecular complexity index is 271. The third-order valence-electron chi connectivity index (χ3n) is 1.69. The van der Waals surface area contributed by atoms with Gasteiger partial charge in [0.25, 0.3) is 0 Å². The van der Waals surface area contributed by atoms with Crippen LogP contribution in [0, 0.1) is 6.92 Å². The lowest BCUT2D eigenvalue weighted by Crippen LogP contribution is -1.94. The lowest BCUT2D eigenvalue weighted by Gasteiger charge is -2.03. The van der Waals surface area contributed by atoms with Crippen LogP contribution in [-0.2, 0) is 0 Å². The van der Waals surface area contributed by atoms with E-state index in [4.69, 9.17) is 4.74 Å². The molecule has 0 fully saturated rings. The highest BCUT2D eigenvalue weighted by Crippen LogP contribution is 2.11. The molecule has 1 rings (SSSR count). The van der Waals surface area contributed by atoms with E-state index in [-0.39, 0.29) is 0 Å². The van der Waals surface area contributed by atoms with Crippen molar-refractivity contribution in [1.29, 1.82) is 0 Å². The molecule has 0 bridgehead atoms. The van der Waals surface area contributed by atoms with E-state index in [1.165, 1.54) is 5.56 Å². The normalized spacial score (nSPS) is 8.73. The van der Waals surface area contributed by atoms with Crippen LogP contribution in [0.3, 0.4) is 0 Å². The quantitative estimate of drug-likeness (QED) is 0.692. The standard InChI is InChI=1S/C10H14O.C3H7N/c1-3-7-11-10-6-4-5-9(2)8-10;1-3-4-2/h4-6,8H,3,7H2,1-2H3;2-3H2,1H3. The van der Waals surface area contributed by atoms with Crippen molar-refractivity contribution >= 4 is 6.72 Å². The second-order valence-electron chi connectivity index (χ2n) is 3.20. The van der Waals surface area contributed by atoms with E-state index < -0.39 is 0 Å². The number of aryl methyl sites for hydroxylation is 1. The molecule has 0 amide bonds. The predicted molar refractivity (Wildman–Crippen MR) is 67.1 cm³/mol. The zero-order valence-electron chi connectivity index (χ0n) is 9.99. The minimum absolute atomic E-state index is 0.809. The maximum atomic E-state index is 5.44. The Morgan fingerprint density at radius 1 is 1.33 bits per heavy atom. The van der Waals surface area contributed by atoms with Crippen molar-refractivity contribution in [1.82, 2.24) is 0 Å². The van der Waals surface area contributed by atoms with Gasteiger partial charge in [0.15, 0.2) is 0 Å². The molecular formula is C13H21NO. The summed E-state index contributed by atoms with van der Waals surface area (Å²) < 4.78 is 5.44. The number of aliphatic imine (C=N–C) groups is 1.